The van der Waals surface area contributed by atoms with Crippen LogP contribution in [0.5, 0.6) is 5.75 Å². The lowest BCUT2D eigenvalue weighted by molar-refractivity contribution is -0.126. The van der Waals surface area contributed by atoms with Crippen LogP contribution in [0.3, 0.4) is 0 Å². The molecule has 3 rings (SSSR count). The number of carbonyl (C=O) groups is 2. The fourth-order valence-electron chi connectivity index (χ4n) is 2.86. The molecule has 1 N–H and O–H groups in total. The maximum absolute atomic E-state index is 12.4. The van der Waals surface area contributed by atoms with Gasteiger partial charge in [0.2, 0.25) is 16.9 Å². The first-order chi connectivity index (χ1) is 13.0. The van der Waals surface area contributed by atoms with Gasteiger partial charge >= 0.3 is 0 Å². The van der Waals surface area contributed by atoms with Crippen LogP contribution < -0.4 is 15.0 Å². The molecule has 2 heterocycles. The summed E-state index contributed by atoms with van der Waals surface area (Å²) in [7, 11) is 0. The zero-order valence-corrected chi connectivity index (χ0v) is 16.6. The van der Waals surface area contributed by atoms with Crippen LogP contribution in [0.25, 0.3) is 0 Å². The fourth-order valence-corrected chi connectivity index (χ4v) is 3.66. The Bertz CT molecular complexity index is 836. The third-order valence-electron chi connectivity index (χ3n) is 4.63. The maximum Gasteiger partial charge on any atom is 0.229 e. The van der Waals surface area contributed by atoms with Crippen molar-refractivity contribution in [3.8, 4) is 5.75 Å². The lowest BCUT2D eigenvalue weighted by Crippen LogP contribution is -2.35. The van der Waals surface area contributed by atoms with Crippen molar-refractivity contribution in [2.75, 3.05) is 24.6 Å². The summed E-state index contributed by atoms with van der Waals surface area (Å²) in [6.45, 7) is 7.21. The Labute approximate surface area is 162 Å². The summed E-state index contributed by atoms with van der Waals surface area (Å²) in [5.74, 6) is 0.209. The molecule has 1 aliphatic rings. The van der Waals surface area contributed by atoms with Crippen LogP contribution >= 0.6 is 11.3 Å². The number of aryl methyl sites for hydroxylation is 3. The first-order valence-electron chi connectivity index (χ1n) is 9.08. The van der Waals surface area contributed by atoms with Crippen molar-refractivity contribution in [2.45, 2.75) is 33.6 Å². The molecular weight excluding hydrogens is 364 g/mol. The minimum absolute atomic E-state index is 0.0830. The fraction of sp³-hybridized carbons (Fsp3) is 0.474. The van der Waals surface area contributed by atoms with Crippen LogP contribution in [0, 0.1) is 19.8 Å². The lowest BCUT2D eigenvalue weighted by Gasteiger charge is -2.13. The third kappa shape index (κ3) is 4.63. The summed E-state index contributed by atoms with van der Waals surface area (Å²) in [5, 5.41) is 12.4. The van der Waals surface area contributed by atoms with E-state index < -0.39 is 0 Å². The van der Waals surface area contributed by atoms with Crippen molar-refractivity contribution in [2.24, 2.45) is 5.92 Å². The molecule has 27 heavy (non-hydrogen) atoms. The number of anilines is 1. The van der Waals surface area contributed by atoms with Gasteiger partial charge in [-0.25, -0.2) is 0 Å². The van der Waals surface area contributed by atoms with Crippen molar-refractivity contribution in [3.63, 3.8) is 0 Å². The summed E-state index contributed by atoms with van der Waals surface area (Å²) < 4.78 is 5.67. The molecule has 0 aliphatic carbocycles. The Morgan fingerprint density at radius 2 is 2.15 bits per heavy atom. The molecule has 0 bridgehead atoms. The summed E-state index contributed by atoms with van der Waals surface area (Å²) in [6, 6.07) is 5.92. The zero-order valence-electron chi connectivity index (χ0n) is 15.8. The van der Waals surface area contributed by atoms with Crippen LogP contribution in [0.2, 0.25) is 0 Å². The van der Waals surface area contributed by atoms with Gasteiger partial charge in [0.1, 0.15) is 17.4 Å². The van der Waals surface area contributed by atoms with Gasteiger partial charge in [-0.3, -0.25) is 14.5 Å². The van der Waals surface area contributed by atoms with Crippen LogP contribution in [0.15, 0.2) is 18.2 Å². The molecule has 1 fully saturated rings. The highest BCUT2D eigenvalue weighted by Crippen LogP contribution is 2.28. The second-order valence-electron chi connectivity index (χ2n) is 6.62. The van der Waals surface area contributed by atoms with E-state index in [0.717, 1.165) is 17.2 Å². The average molecular weight is 388 g/mol. The zero-order chi connectivity index (χ0) is 19.4. The van der Waals surface area contributed by atoms with Gasteiger partial charge in [0.25, 0.3) is 0 Å². The predicted octanol–water partition coefficient (Wildman–Crippen LogP) is 2.27. The number of hydrogen-bond donors (Lipinski definition) is 1. The Morgan fingerprint density at radius 1 is 1.33 bits per heavy atom. The molecule has 144 valence electrons. The van der Waals surface area contributed by atoms with E-state index in [2.05, 4.69) is 22.4 Å². The Kier molecular flexibility index (Phi) is 6.05. The first kappa shape index (κ1) is 19.3. The predicted molar refractivity (Wildman–Crippen MR) is 104 cm³/mol. The number of amides is 2. The van der Waals surface area contributed by atoms with Crippen molar-refractivity contribution in [1.82, 2.24) is 15.5 Å². The van der Waals surface area contributed by atoms with E-state index in [1.165, 1.54) is 22.5 Å². The molecule has 0 radical (unpaired) electrons. The van der Waals surface area contributed by atoms with E-state index >= 15 is 0 Å². The first-order valence-corrected chi connectivity index (χ1v) is 9.90. The van der Waals surface area contributed by atoms with Crippen molar-refractivity contribution < 1.29 is 14.3 Å². The maximum atomic E-state index is 12.4. The van der Waals surface area contributed by atoms with E-state index in [4.69, 9.17) is 4.74 Å². The monoisotopic (exact) mass is 388 g/mol. The highest BCUT2D eigenvalue weighted by molar-refractivity contribution is 7.15. The van der Waals surface area contributed by atoms with E-state index in [1.807, 2.05) is 32.0 Å². The third-order valence-corrected chi connectivity index (χ3v) is 5.72. The number of carbonyl (C=O) groups excluding carboxylic acids is 2. The van der Waals surface area contributed by atoms with Crippen molar-refractivity contribution in [1.29, 1.82) is 0 Å². The summed E-state index contributed by atoms with van der Waals surface area (Å²) >= 11 is 1.40. The average Bonchev–Trinajstić information content (AvgIpc) is 3.27. The van der Waals surface area contributed by atoms with Gasteiger partial charge in [0, 0.05) is 13.0 Å². The molecule has 2 amide bonds. The number of ether oxygens (including phenoxy) is 1. The molecule has 2 aromatic rings. The SMILES string of the molecule is CCc1nnc(N2CC(C(=O)NCCOc3ccc(C)c(C)c3)CC2=O)s1. The van der Waals surface area contributed by atoms with E-state index in [0.29, 0.717) is 24.8 Å². The van der Waals surface area contributed by atoms with Crippen molar-refractivity contribution >= 4 is 28.3 Å². The largest absolute Gasteiger partial charge is 0.492 e. The van der Waals surface area contributed by atoms with Gasteiger partial charge in [-0.05, 0) is 43.5 Å². The molecule has 1 saturated heterocycles. The quantitative estimate of drug-likeness (QED) is 0.736. The molecular formula is C19H24N4O3S. The highest BCUT2D eigenvalue weighted by atomic mass is 32.1. The number of rotatable bonds is 7. The number of nitrogens with zero attached hydrogens (tertiary/aromatic N) is 3. The standard InChI is InChI=1S/C19H24N4O3S/c1-4-16-21-22-19(27-16)23-11-14(10-17(23)24)18(25)20-7-8-26-15-6-5-12(2)13(3)9-15/h5-6,9,14H,4,7-8,10-11H2,1-3H3,(H,20,25). The minimum atomic E-state index is -0.368. The second-order valence-corrected chi connectivity index (χ2v) is 7.66. The number of benzene rings is 1. The van der Waals surface area contributed by atoms with Crippen LogP contribution in [0.1, 0.15) is 29.5 Å². The van der Waals surface area contributed by atoms with Gasteiger partial charge in [-0.2, -0.15) is 0 Å². The van der Waals surface area contributed by atoms with Gasteiger partial charge < -0.3 is 10.1 Å². The molecule has 1 atom stereocenters. The minimum Gasteiger partial charge on any atom is -0.492 e. The Balaban J connectivity index is 1.45. The van der Waals surface area contributed by atoms with Gasteiger partial charge in [-0.1, -0.05) is 24.3 Å². The smallest absolute Gasteiger partial charge is 0.229 e. The van der Waals surface area contributed by atoms with Crippen molar-refractivity contribution in [3.05, 3.63) is 34.3 Å². The summed E-state index contributed by atoms with van der Waals surface area (Å²) in [6.07, 6.45) is 0.981. The highest BCUT2D eigenvalue weighted by Gasteiger charge is 2.36. The van der Waals surface area contributed by atoms with Gasteiger partial charge in [0.15, 0.2) is 0 Å². The molecule has 7 nitrogen and oxygen atoms in total. The summed E-state index contributed by atoms with van der Waals surface area (Å²) in [5.41, 5.74) is 2.39. The second kappa shape index (κ2) is 8.47. The molecule has 8 heteroatoms. The van der Waals surface area contributed by atoms with E-state index in [1.54, 1.807) is 4.90 Å². The lowest BCUT2D eigenvalue weighted by atomic mass is 10.1. The molecule has 1 aromatic carbocycles. The Hall–Kier alpha value is -2.48. The van der Waals surface area contributed by atoms with Crippen LogP contribution in [-0.4, -0.2) is 41.7 Å². The van der Waals surface area contributed by atoms with E-state index in [9.17, 15) is 9.59 Å². The van der Waals surface area contributed by atoms with E-state index in [-0.39, 0.29) is 24.2 Å². The normalized spacial score (nSPS) is 16.6. The molecule has 1 unspecified atom stereocenters. The van der Waals surface area contributed by atoms with Crippen LogP contribution in [0.4, 0.5) is 5.13 Å². The van der Waals surface area contributed by atoms with Gasteiger partial charge in [-0.15, -0.1) is 10.2 Å². The topological polar surface area (TPSA) is 84.4 Å². The van der Waals surface area contributed by atoms with Crippen LogP contribution in [-0.2, 0) is 16.0 Å². The molecule has 1 aromatic heterocycles. The number of aromatic nitrogens is 2. The molecule has 1 aliphatic heterocycles. The number of nitrogens with one attached hydrogen (secondary N) is 1. The Morgan fingerprint density at radius 3 is 2.85 bits per heavy atom. The van der Waals surface area contributed by atoms with Gasteiger partial charge in [0.05, 0.1) is 12.5 Å². The molecule has 0 spiro atoms. The molecule has 0 saturated carbocycles. The summed E-state index contributed by atoms with van der Waals surface area (Å²) in [4.78, 5) is 26.1. The number of hydrogen-bond acceptors (Lipinski definition) is 6.